The quantitative estimate of drug-likeness (QED) is 0.217. The van der Waals surface area contributed by atoms with Gasteiger partial charge in [-0.1, -0.05) is 0 Å². The number of hydrogen-bond acceptors (Lipinski definition) is 2. The summed E-state index contributed by atoms with van der Waals surface area (Å²) in [5.74, 6) is -0.277. The zero-order valence-corrected chi connectivity index (χ0v) is 5.18. The lowest BCUT2D eigenvalue weighted by Crippen LogP contribution is -2.11. The molecule has 3 nitrogen and oxygen atoms in total. The van der Waals surface area contributed by atoms with Crippen molar-refractivity contribution in [2.24, 2.45) is 0 Å². The summed E-state index contributed by atoms with van der Waals surface area (Å²) < 4.78 is 6.06. The maximum Gasteiger partial charge on any atom is 0.307 e. The van der Waals surface area contributed by atoms with Gasteiger partial charge in [0, 0.05) is 6.92 Å². The normalized spacial score (nSPS) is 8.25. The molecular formula is C5H10NO2+. The van der Waals surface area contributed by atoms with Gasteiger partial charge < -0.3 is 4.74 Å². The van der Waals surface area contributed by atoms with E-state index in [9.17, 15) is 4.79 Å². The fraction of sp³-hybridized carbons (Fsp3) is 0.600. The first kappa shape index (κ1) is 7.14. The molecule has 0 heterocycles. The Morgan fingerprint density at radius 2 is 2.38 bits per heavy atom. The highest BCUT2D eigenvalue weighted by molar-refractivity contribution is 5.65. The summed E-state index contributed by atoms with van der Waals surface area (Å²) in [5, 5.41) is 0. The summed E-state index contributed by atoms with van der Waals surface area (Å²) in [6.07, 6.45) is 0. The average molecular weight is 116 g/mol. The molecule has 0 spiro atoms. The highest BCUT2D eigenvalue weighted by atomic mass is 16.5. The van der Waals surface area contributed by atoms with E-state index in [0.717, 1.165) is 0 Å². The van der Waals surface area contributed by atoms with Crippen molar-refractivity contribution in [3.05, 3.63) is 0 Å². The third-order valence-electron chi connectivity index (χ3n) is 0.488. The van der Waals surface area contributed by atoms with Crippen LogP contribution in [0.15, 0.2) is 0 Å². The molecule has 0 bridgehead atoms. The summed E-state index contributed by atoms with van der Waals surface area (Å²) in [6, 6.07) is 0. The topological polar surface area (TPSA) is 29.3 Å². The first-order valence-electron chi connectivity index (χ1n) is 2.28. The van der Waals surface area contributed by atoms with Gasteiger partial charge in [0.05, 0.1) is 0 Å². The second-order valence-corrected chi connectivity index (χ2v) is 1.62. The molecule has 8 heavy (non-hydrogen) atoms. The van der Waals surface area contributed by atoms with Crippen molar-refractivity contribution in [3.8, 4) is 0 Å². The first-order chi connectivity index (χ1) is 3.63. The Balaban J connectivity index is 3.18. The Kier molecular flexibility index (Phi) is 2.84. The van der Waals surface area contributed by atoms with E-state index in [1.807, 2.05) is 0 Å². The molecule has 0 aliphatic rings. The second kappa shape index (κ2) is 3.18. The molecule has 0 aromatic carbocycles. The van der Waals surface area contributed by atoms with Crippen LogP contribution in [0.1, 0.15) is 6.92 Å². The summed E-state index contributed by atoms with van der Waals surface area (Å²) in [5.41, 5.74) is 0. The van der Waals surface area contributed by atoms with Gasteiger partial charge in [0.15, 0.2) is 0 Å². The highest BCUT2D eigenvalue weighted by Crippen LogP contribution is 1.72. The largest absolute Gasteiger partial charge is 0.405 e. The molecule has 3 heteroatoms. The van der Waals surface area contributed by atoms with Crippen molar-refractivity contribution in [2.75, 3.05) is 13.8 Å². The first-order valence-corrected chi connectivity index (χ1v) is 2.28. The van der Waals surface area contributed by atoms with E-state index in [1.54, 1.807) is 7.05 Å². The summed E-state index contributed by atoms with van der Waals surface area (Å²) in [4.78, 5) is 10.1. The molecule has 0 saturated carbocycles. The predicted octanol–water partition coefficient (Wildman–Crippen LogP) is -0.150. The molecule has 0 atom stereocenters. The lowest BCUT2D eigenvalue weighted by molar-refractivity contribution is -0.526. The number of carbonyl (C=O) groups is 1. The van der Waals surface area contributed by atoms with E-state index in [-0.39, 0.29) is 12.7 Å². The molecule has 0 saturated heterocycles. The lowest BCUT2D eigenvalue weighted by atomic mass is 10.8. The maximum atomic E-state index is 10.1. The maximum absolute atomic E-state index is 10.1. The SMILES string of the molecule is C=[N+](C)COC(C)=O. The van der Waals surface area contributed by atoms with Crippen molar-refractivity contribution in [1.82, 2.24) is 0 Å². The van der Waals surface area contributed by atoms with Crippen LogP contribution in [-0.4, -0.2) is 31.0 Å². The van der Waals surface area contributed by atoms with E-state index in [0.29, 0.717) is 0 Å². The van der Waals surface area contributed by atoms with Crippen molar-refractivity contribution in [3.63, 3.8) is 0 Å². The molecule has 0 rings (SSSR count). The van der Waals surface area contributed by atoms with Gasteiger partial charge in [0.1, 0.15) is 13.8 Å². The van der Waals surface area contributed by atoms with Gasteiger partial charge in [-0.2, -0.15) is 0 Å². The fourth-order valence-corrected chi connectivity index (χ4v) is 0.201. The molecule has 0 aromatic rings. The third-order valence-corrected chi connectivity index (χ3v) is 0.488. The molecule has 46 valence electrons. The summed E-state index contributed by atoms with van der Waals surface area (Å²) in [7, 11) is 1.73. The lowest BCUT2D eigenvalue weighted by Gasteiger charge is -1.93. The minimum Gasteiger partial charge on any atom is -0.405 e. The van der Waals surface area contributed by atoms with Gasteiger partial charge >= 0.3 is 5.97 Å². The van der Waals surface area contributed by atoms with Crippen LogP contribution < -0.4 is 0 Å². The molecule has 0 aliphatic carbocycles. The van der Waals surface area contributed by atoms with Crippen LogP contribution in [0.3, 0.4) is 0 Å². The summed E-state index contributed by atoms with van der Waals surface area (Å²) in [6.45, 7) is 5.09. The van der Waals surface area contributed by atoms with Crippen molar-refractivity contribution >= 4 is 12.7 Å². The minimum atomic E-state index is -0.277. The predicted molar refractivity (Wildman–Crippen MR) is 29.9 cm³/mol. The van der Waals surface area contributed by atoms with Gasteiger partial charge in [-0.3, -0.25) is 4.79 Å². The Morgan fingerprint density at radius 1 is 1.88 bits per heavy atom. The number of nitrogens with zero attached hydrogens (tertiary/aromatic N) is 1. The van der Waals surface area contributed by atoms with Gasteiger partial charge in [0.2, 0.25) is 0 Å². The molecular weight excluding hydrogens is 106 g/mol. The average Bonchev–Trinajstić information content (AvgIpc) is 1.61. The van der Waals surface area contributed by atoms with E-state index in [2.05, 4.69) is 11.5 Å². The number of hydrogen-bond donors (Lipinski definition) is 0. The molecule has 0 N–H and O–H groups in total. The molecule has 0 amide bonds. The zero-order valence-electron chi connectivity index (χ0n) is 5.18. The van der Waals surface area contributed by atoms with Crippen LogP contribution in [0.2, 0.25) is 0 Å². The smallest absolute Gasteiger partial charge is 0.307 e. The Bertz CT molecular complexity index is 95.0. The van der Waals surface area contributed by atoms with Gasteiger partial charge in [-0.25, -0.2) is 4.58 Å². The van der Waals surface area contributed by atoms with Crippen LogP contribution in [0, 0.1) is 0 Å². The number of ether oxygens (including phenoxy) is 1. The highest BCUT2D eigenvalue weighted by Gasteiger charge is 1.93. The van der Waals surface area contributed by atoms with Crippen LogP contribution in [-0.2, 0) is 9.53 Å². The zero-order chi connectivity index (χ0) is 6.57. The Hall–Kier alpha value is -0.860. The van der Waals surface area contributed by atoms with Crippen molar-refractivity contribution in [2.45, 2.75) is 6.92 Å². The van der Waals surface area contributed by atoms with Gasteiger partial charge in [-0.05, 0) is 0 Å². The third kappa shape index (κ3) is 5.14. The van der Waals surface area contributed by atoms with E-state index in [1.165, 1.54) is 11.5 Å². The second-order valence-electron chi connectivity index (χ2n) is 1.62. The molecule has 0 fully saturated rings. The van der Waals surface area contributed by atoms with Crippen molar-refractivity contribution < 1.29 is 14.1 Å². The fourth-order valence-electron chi connectivity index (χ4n) is 0.201. The summed E-state index contributed by atoms with van der Waals surface area (Å²) >= 11 is 0. The van der Waals surface area contributed by atoms with Gasteiger partial charge in [0.25, 0.3) is 6.73 Å². The molecule has 0 aliphatic heterocycles. The Labute approximate surface area is 48.6 Å². The van der Waals surface area contributed by atoms with Crippen molar-refractivity contribution in [1.29, 1.82) is 0 Å². The van der Waals surface area contributed by atoms with Crippen LogP contribution in [0.25, 0.3) is 0 Å². The van der Waals surface area contributed by atoms with Crippen LogP contribution in [0.5, 0.6) is 0 Å². The van der Waals surface area contributed by atoms with Crippen LogP contribution in [0.4, 0.5) is 0 Å². The monoisotopic (exact) mass is 116 g/mol. The minimum absolute atomic E-state index is 0.259. The number of carbonyl (C=O) groups excluding carboxylic acids is 1. The van der Waals surface area contributed by atoms with Crippen LogP contribution >= 0.6 is 0 Å². The standard InChI is InChI=1S/C5H10NO2/c1-5(7)8-4-6(2)3/h2,4H2,1,3H3/q+1. The van der Waals surface area contributed by atoms with E-state index in [4.69, 9.17) is 0 Å². The molecule has 0 aromatic heterocycles. The number of esters is 1. The van der Waals surface area contributed by atoms with E-state index >= 15 is 0 Å². The van der Waals surface area contributed by atoms with Gasteiger partial charge in [-0.15, -0.1) is 0 Å². The van der Waals surface area contributed by atoms with E-state index < -0.39 is 0 Å². The Morgan fingerprint density at radius 3 is 2.50 bits per heavy atom. The number of rotatable bonds is 2. The molecule has 0 unspecified atom stereocenters. The molecule has 0 radical (unpaired) electrons.